The molecule has 0 saturated carbocycles. The second-order valence-corrected chi connectivity index (χ2v) is 7.40. The van der Waals surface area contributed by atoms with Gasteiger partial charge in [0.25, 0.3) is 0 Å². The maximum Gasteiger partial charge on any atom is 0.120 e. The predicted molar refractivity (Wildman–Crippen MR) is 121 cm³/mol. The van der Waals surface area contributed by atoms with Gasteiger partial charge < -0.3 is 14.8 Å². The summed E-state index contributed by atoms with van der Waals surface area (Å²) in [5.74, 6) is 1.63. The fourth-order valence-electron chi connectivity index (χ4n) is 3.41. The molecule has 2 aromatic carbocycles. The van der Waals surface area contributed by atoms with Crippen LogP contribution in [0.4, 0.5) is 11.4 Å². The lowest BCUT2D eigenvalue weighted by molar-refractivity contribution is 0.415. The molecule has 0 bridgehead atoms. The number of ether oxygens (including phenoxy) is 2. The lowest BCUT2D eigenvalue weighted by Crippen LogP contribution is -2.15. The highest BCUT2D eigenvalue weighted by atomic mass is 32.2. The van der Waals surface area contributed by atoms with Crippen molar-refractivity contribution in [2.45, 2.75) is 6.42 Å². The molecule has 0 saturated heterocycles. The number of nitrogens with zero attached hydrogens (tertiary/aromatic N) is 2. The van der Waals surface area contributed by atoms with Gasteiger partial charge in [-0.25, -0.2) is 0 Å². The zero-order chi connectivity index (χ0) is 20.2. The highest BCUT2D eigenvalue weighted by Crippen LogP contribution is 2.34. The van der Waals surface area contributed by atoms with E-state index in [-0.39, 0.29) is 0 Å². The van der Waals surface area contributed by atoms with E-state index in [0.29, 0.717) is 0 Å². The van der Waals surface area contributed by atoms with Crippen LogP contribution in [0.3, 0.4) is 0 Å². The van der Waals surface area contributed by atoms with Crippen LogP contribution in [-0.4, -0.2) is 37.0 Å². The molecule has 5 nitrogen and oxygen atoms in total. The Balaban J connectivity index is 1.83. The van der Waals surface area contributed by atoms with Crippen molar-refractivity contribution in [1.82, 2.24) is 4.98 Å². The fourth-order valence-corrected chi connectivity index (χ4v) is 4.06. The Bertz CT molecular complexity index is 1070. The Hall–Kier alpha value is -2.99. The molecule has 0 aliphatic carbocycles. The van der Waals surface area contributed by atoms with E-state index in [4.69, 9.17) is 19.5 Å². The van der Waals surface area contributed by atoms with Gasteiger partial charge in [-0.3, -0.25) is 9.98 Å². The van der Waals surface area contributed by atoms with E-state index in [1.165, 1.54) is 0 Å². The lowest BCUT2D eigenvalue weighted by Gasteiger charge is -2.21. The van der Waals surface area contributed by atoms with Crippen molar-refractivity contribution in [3.63, 3.8) is 0 Å². The van der Waals surface area contributed by atoms with Crippen LogP contribution in [0, 0.1) is 0 Å². The minimum atomic E-state index is 0.760. The van der Waals surface area contributed by atoms with Crippen LogP contribution in [0.2, 0.25) is 0 Å². The molecule has 1 aliphatic heterocycles. The number of aromatic nitrogens is 1. The standard InChI is InChI=1S/C23H23N3O2S/c1-27-17-8-4-6-15(12-17)20-14-21(25-16-7-5-9-18(13-16)28-2)22-19(26-20)10-11-24-23(22)29-3/h4-9,12-14H,10-11H2,1-3H3,(H,25,26). The molecule has 0 fully saturated rings. The van der Waals surface area contributed by atoms with Crippen LogP contribution in [-0.2, 0) is 6.42 Å². The van der Waals surface area contributed by atoms with E-state index >= 15 is 0 Å². The summed E-state index contributed by atoms with van der Waals surface area (Å²) in [6.45, 7) is 0.760. The van der Waals surface area contributed by atoms with Gasteiger partial charge in [-0.2, -0.15) is 0 Å². The summed E-state index contributed by atoms with van der Waals surface area (Å²) in [7, 11) is 3.35. The van der Waals surface area contributed by atoms with Crippen molar-refractivity contribution in [3.8, 4) is 22.8 Å². The molecule has 0 radical (unpaired) electrons. The van der Waals surface area contributed by atoms with E-state index in [1.54, 1.807) is 26.0 Å². The number of rotatable bonds is 5. The SMILES string of the molecule is COc1cccc(Nc2cc(-c3cccc(OC)c3)nc3c2C(SC)=NCC3)c1. The average molecular weight is 406 g/mol. The highest BCUT2D eigenvalue weighted by molar-refractivity contribution is 8.13. The molecule has 0 spiro atoms. The van der Waals surface area contributed by atoms with Gasteiger partial charge in [-0.1, -0.05) is 18.2 Å². The summed E-state index contributed by atoms with van der Waals surface area (Å²) in [6.07, 6.45) is 2.88. The molecule has 148 valence electrons. The molecule has 0 atom stereocenters. The molecule has 0 unspecified atom stereocenters. The Morgan fingerprint density at radius 1 is 0.966 bits per heavy atom. The van der Waals surface area contributed by atoms with Crippen molar-refractivity contribution in [2.24, 2.45) is 4.99 Å². The van der Waals surface area contributed by atoms with Gasteiger partial charge >= 0.3 is 0 Å². The summed E-state index contributed by atoms with van der Waals surface area (Å²) in [6, 6.07) is 18.0. The van der Waals surface area contributed by atoms with Gasteiger partial charge in [0.2, 0.25) is 0 Å². The van der Waals surface area contributed by atoms with Crippen LogP contribution in [0.5, 0.6) is 11.5 Å². The van der Waals surface area contributed by atoms with Crippen LogP contribution >= 0.6 is 11.8 Å². The first-order chi connectivity index (χ1) is 14.2. The summed E-state index contributed by atoms with van der Waals surface area (Å²) < 4.78 is 10.8. The average Bonchev–Trinajstić information content (AvgIpc) is 2.78. The molecule has 1 aliphatic rings. The molecule has 1 N–H and O–H groups in total. The maximum absolute atomic E-state index is 5.40. The van der Waals surface area contributed by atoms with Crippen molar-refractivity contribution in [1.29, 1.82) is 0 Å². The van der Waals surface area contributed by atoms with Crippen molar-refractivity contribution in [2.75, 3.05) is 32.3 Å². The number of fused-ring (bicyclic) bond motifs is 1. The zero-order valence-corrected chi connectivity index (χ0v) is 17.5. The van der Waals surface area contributed by atoms with E-state index in [2.05, 4.69) is 23.7 Å². The molecule has 0 amide bonds. The first-order valence-electron chi connectivity index (χ1n) is 9.40. The van der Waals surface area contributed by atoms with Crippen molar-refractivity contribution >= 4 is 28.2 Å². The summed E-state index contributed by atoms with van der Waals surface area (Å²) in [5, 5.41) is 4.58. The molecule has 29 heavy (non-hydrogen) atoms. The quantitative estimate of drug-likeness (QED) is 0.634. The van der Waals surface area contributed by atoms with E-state index in [9.17, 15) is 0 Å². The van der Waals surface area contributed by atoms with Gasteiger partial charge in [0.15, 0.2) is 0 Å². The number of anilines is 2. The molecular formula is C23H23N3O2S. The van der Waals surface area contributed by atoms with Gasteiger partial charge in [-0.05, 0) is 36.6 Å². The third-order valence-electron chi connectivity index (χ3n) is 4.82. The van der Waals surface area contributed by atoms with E-state index < -0.39 is 0 Å². The second-order valence-electron chi connectivity index (χ2n) is 6.61. The van der Waals surface area contributed by atoms with E-state index in [0.717, 1.165) is 63.4 Å². The van der Waals surface area contributed by atoms with Gasteiger partial charge in [0.1, 0.15) is 16.5 Å². The van der Waals surface area contributed by atoms with Crippen LogP contribution in [0.15, 0.2) is 59.6 Å². The number of hydrogen-bond donors (Lipinski definition) is 1. The largest absolute Gasteiger partial charge is 0.497 e. The molecular weight excluding hydrogens is 382 g/mol. The number of methoxy groups -OCH3 is 2. The topological polar surface area (TPSA) is 55.7 Å². The smallest absolute Gasteiger partial charge is 0.120 e. The summed E-state index contributed by atoms with van der Waals surface area (Å²) in [4.78, 5) is 9.69. The maximum atomic E-state index is 5.40. The van der Waals surface area contributed by atoms with E-state index in [1.807, 2.05) is 42.5 Å². The first kappa shape index (κ1) is 19.3. The number of aliphatic imine (C=N–C) groups is 1. The number of benzene rings is 2. The second kappa shape index (κ2) is 8.57. The zero-order valence-electron chi connectivity index (χ0n) is 16.7. The lowest BCUT2D eigenvalue weighted by atomic mass is 10.0. The Morgan fingerprint density at radius 2 is 1.72 bits per heavy atom. The third kappa shape index (κ3) is 4.07. The van der Waals surface area contributed by atoms with Crippen LogP contribution < -0.4 is 14.8 Å². The number of hydrogen-bond acceptors (Lipinski definition) is 6. The van der Waals surface area contributed by atoms with Gasteiger partial charge in [0, 0.05) is 30.3 Å². The van der Waals surface area contributed by atoms with Gasteiger partial charge in [0.05, 0.1) is 36.9 Å². The fraction of sp³-hybridized carbons (Fsp3) is 0.217. The molecule has 2 heterocycles. The number of thioether (sulfide) groups is 1. The minimum absolute atomic E-state index is 0.760. The van der Waals surface area contributed by atoms with Crippen molar-refractivity contribution < 1.29 is 9.47 Å². The highest BCUT2D eigenvalue weighted by Gasteiger charge is 2.21. The molecule has 6 heteroatoms. The Labute approximate surface area is 175 Å². The normalized spacial score (nSPS) is 12.7. The number of nitrogens with one attached hydrogen (secondary N) is 1. The van der Waals surface area contributed by atoms with Crippen molar-refractivity contribution in [3.05, 3.63) is 65.9 Å². The first-order valence-corrected chi connectivity index (χ1v) is 10.6. The number of pyridine rings is 1. The molecule has 1 aromatic heterocycles. The minimum Gasteiger partial charge on any atom is -0.497 e. The molecule has 3 aromatic rings. The summed E-state index contributed by atoms with van der Waals surface area (Å²) >= 11 is 1.65. The Morgan fingerprint density at radius 3 is 2.48 bits per heavy atom. The predicted octanol–water partition coefficient (Wildman–Crippen LogP) is 5.18. The van der Waals surface area contributed by atoms with Crippen LogP contribution in [0.1, 0.15) is 11.3 Å². The van der Waals surface area contributed by atoms with Crippen LogP contribution in [0.25, 0.3) is 11.3 Å². The Kier molecular flexibility index (Phi) is 5.71. The third-order valence-corrected chi connectivity index (χ3v) is 5.54. The molecule has 4 rings (SSSR count). The summed E-state index contributed by atoms with van der Waals surface area (Å²) in [5.41, 5.74) is 6.03. The van der Waals surface area contributed by atoms with Gasteiger partial charge in [-0.15, -0.1) is 11.8 Å². The monoisotopic (exact) mass is 405 g/mol.